The van der Waals surface area contributed by atoms with Crippen molar-refractivity contribution in [3.8, 4) is 11.1 Å². The van der Waals surface area contributed by atoms with Crippen LogP contribution in [0.5, 0.6) is 0 Å². The van der Waals surface area contributed by atoms with Crippen molar-refractivity contribution in [2.75, 3.05) is 0 Å². The maximum absolute atomic E-state index is 14.0. The Bertz CT molecular complexity index is 983. The number of halogens is 2. The molecule has 1 N–H and O–H groups in total. The fourth-order valence-corrected chi connectivity index (χ4v) is 6.84. The molecule has 28 heavy (non-hydrogen) atoms. The van der Waals surface area contributed by atoms with Crippen molar-refractivity contribution in [2.45, 2.75) is 60.7 Å². The average molecular weight is 406 g/mol. The van der Waals surface area contributed by atoms with Crippen molar-refractivity contribution >= 4 is 9.84 Å². The predicted octanol–water partition coefficient (Wildman–Crippen LogP) is 4.88. The minimum atomic E-state index is -3.52. The van der Waals surface area contributed by atoms with Crippen LogP contribution in [-0.2, 0) is 9.84 Å². The quantitative estimate of drug-likeness (QED) is 0.787. The fraction of sp³-hybridized carbons (Fsp3) is 0.455. The molecule has 0 atom stereocenters. The van der Waals surface area contributed by atoms with Gasteiger partial charge in [0.15, 0.2) is 9.84 Å². The summed E-state index contributed by atoms with van der Waals surface area (Å²) in [5.74, 6) is -1.27. The van der Waals surface area contributed by atoms with Gasteiger partial charge in [-0.2, -0.15) is 0 Å². The first-order chi connectivity index (χ1) is 13.1. The van der Waals surface area contributed by atoms with Crippen LogP contribution in [0.3, 0.4) is 0 Å². The molecule has 150 valence electrons. The molecule has 0 saturated heterocycles. The minimum absolute atomic E-state index is 0.0620. The third-order valence-electron chi connectivity index (χ3n) is 6.49. The van der Waals surface area contributed by atoms with Gasteiger partial charge in [0.05, 0.1) is 15.2 Å². The minimum Gasteiger partial charge on any atom is -0.390 e. The van der Waals surface area contributed by atoms with Crippen LogP contribution in [0.15, 0.2) is 47.4 Å². The molecule has 0 heterocycles. The van der Waals surface area contributed by atoms with E-state index in [1.807, 2.05) is 6.92 Å². The third kappa shape index (κ3) is 3.26. The number of benzene rings is 2. The molecular weight excluding hydrogens is 382 g/mol. The topological polar surface area (TPSA) is 54.4 Å². The Morgan fingerprint density at radius 3 is 2.11 bits per heavy atom. The first-order valence-corrected chi connectivity index (χ1v) is 11.2. The third-order valence-corrected chi connectivity index (χ3v) is 9.20. The molecule has 2 aliphatic carbocycles. The summed E-state index contributed by atoms with van der Waals surface area (Å²) < 4.78 is 53.1. The SMILES string of the molecule is CC1(O)CCC(C2(S(=O)(=O)c3ccc(-c4ccc(F)cc4F)cc3)CC2)CC1. The zero-order valence-corrected chi connectivity index (χ0v) is 16.6. The van der Waals surface area contributed by atoms with Gasteiger partial charge in [0.25, 0.3) is 0 Å². The van der Waals surface area contributed by atoms with E-state index in [1.54, 1.807) is 12.1 Å². The molecule has 4 rings (SSSR count). The number of aliphatic hydroxyl groups is 1. The lowest BCUT2D eigenvalue weighted by Crippen LogP contribution is -2.39. The van der Waals surface area contributed by atoms with E-state index >= 15 is 0 Å². The highest BCUT2D eigenvalue weighted by molar-refractivity contribution is 7.93. The second kappa shape index (κ2) is 6.63. The van der Waals surface area contributed by atoms with Gasteiger partial charge in [0.2, 0.25) is 0 Å². The normalized spacial score (nSPS) is 26.8. The molecule has 2 fully saturated rings. The second-order valence-corrected chi connectivity index (χ2v) is 10.8. The van der Waals surface area contributed by atoms with E-state index in [4.69, 9.17) is 0 Å². The van der Waals surface area contributed by atoms with Crippen LogP contribution < -0.4 is 0 Å². The molecule has 0 amide bonds. The number of hydrogen-bond donors (Lipinski definition) is 1. The molecule has 0 aromatic heterocycles. The van der Waals surface area contributed by atoms with E-state index in [0.717, 1.165) is 6.07 Å². The number of rotatable bonds is 4. The highest BCUT2D eigenvalue weighted by Crippen LogP contribution is 2.56. The summed E-state index contributed by atoms with van der Waals surface area (Å²) in [4.78, 5) is 0.244. The second-order valence-electron chi connectivity index (χ2n) is 8.49. The standard InChI is InChI=1S/C22H24F2O3S/c1-21(25)10-8-16(9-11-21)22(12-13-22)28(26,27)18-5-2-15(3-6-18)19-7-4-17(23)14-20(19)24/h2-7,14,16,25H,8-13H2,1H3. The number of sulfone groups is 1. The summed E-state index contributed by atoms with van der Waals surface area (Å²) in [6.45, 7) is 1.81. The lowest BCUT2D eigenvalue weighted by molar-refractivity contribution is 0.00644. The monoisotopic (exact) mass is 406 g/mol. The van der Waals surface area contributed by atoms with E-state index in [1.165, 1.54) is 24.3 Å². The van der Waals surface area contributed by atoms with Gasteiger partial charge in [-0.25, -0.2) is 17.2 Å². The van der Waals surface area contributed by atoms with Gasteiger partial charge in [-0.15, -0.1) is 0 Å². The maximum Gasteiger partial charge on any atom is 0.184 e. The van der Waals surface area contributed by atoms with Crippen molar-refractivity contribution < 1.29 is 22.3 Å². The van der Waals surface area contributed by atoms with Crippen LogP contribution in [-0.4, -0.2) is 23.9 Å². The van der Waals surface area contributed by atoms with Gasteiger partial charge in [-0.1, -0.05) is 12.1 Å². The Balaban J connectivity index is 1.60. The Labute approximate surface area is 164 Å². The van der Waals surface area contributed by atoms with E-state index in [2.05, 4.69) is 0 Å². The summed E-state index contributed by atoms with van der Waals surface area (Å²) in [6.07, 6.45) is 3.97. The summed E-state index contributed by atoms with van der Waals surface area (Å²) in [5, 5.41) is 10.2. The highest BCUT2D eigenvalue weighted by atomic mass is 32.2. The van der Waals surface area contributed by atoms with E-state index in [-0.39, 0.29) is 16.4 Å². The molecule has 0 bridgehead atoms. The van der Waals surface area contributed by atoms with Gasteiger partial charge in [-0.05, 0) is 81.2 Å². The molecule has 6 heteroatoms. The van der Waals surface area contributed by atoms with Gasteiger partial charge in [0, 0.05) is 11.6 Å². The fourth-order valence-electron chi connectivity index (χ4n) is 4.56. The molecule has 2 aromatic rings. The predicted molar refractivity (Wildman–Crippen MR) is 104 cm³/mol. The van der Waals surface area contributed by atoms with Crippen LogP contribution in [0.4, 0.5) is 8.78 Å². The van der Waals surface area contributed by atoms with Crippen LogP contribution in [0, 0.1) is 17.6 Å². The van der Waals surface area contributed by atoms with Crippen LogP contribution in [0.2, 0.25) is 0 Å². The molecule has 2 aliphatic rings. The van der Waals surface area contributed by atoms with E-state index in [0.29, 0.717) is 44.1 Å². The van der Waals surface area contributed by atoms with Crippen LogP contribution in [0.25, 0.3) is 11.1 Å². The van der Waals surface area contributed by atoms with Crippen LogP contribution >= 0.6 is 0 Å². The summed E-state index contributed by atoms with van der Waals surface area (Å²) in [6, 6.07) is 9.54. The smallest absolute Gasteiger partial charge is 0.184 e. The molecule has 2 saturated carbocycles. The highest BCUT2D eigenvalue weighted by Gasteiger charge is 2.60. The Hall–Kier alpha value is -1.79. The van der Waals surface area contributed by atoms with E-state index in [9.17, 15) is 22.3 Å². The molecule has 0 spiro atoms. The first kappa shape index (κ1) is 19.5. The van der Waals surface area contributed by atoms with E-state index < -0.39 is 31.8 Å². The molecule has 3 nitrogen and oxygen atoms in total. The van der Waals surface area contributed by atoms with Gasteiger partial charge >= 0.3 is 0 Å². The zero-order chi connectivity index (χ0) is 20.2. The lowest BCUT2D eigenvalue weighted by atomic mass is 9.77. The van der Waals surface area contributed by atoms with Crippen molar-refractivity contribution in [1.82, 2.24) is 0 Å². The average Bonchev–Trinajstić information content (AvgIpc) is 3.44. The first-order valence-electron chi connectivity index (χ1n) is 9.67. The summed E-state index contributed by atoms with van der Waals surface area (Å²) in [5.41, 5.74) is 0.0491. The summed E-state index contributed by atoms with van der Waals surface area (Å²) >= 11 is 0. The van der Waals surface area contributed by atoms with Crippen molar-refractivity contribution in [1.29, 1.82) is 0 Å². The maximum atomic E-state index is 14.0. The van der Waals surface area contributed by atoms with Gasteiger partial charge in [0.1, 0.15) is 11.6 Å². The number of hydrogen-bond acceptors (Lipinski definition) is 3. The van der Waals surface area contributed by atoms with Gasteiger partial charge < -0.3 is 5.11 Å². The summed E-state index contributed by atoms with van der Waals surface area (Å²) in [7, 11) is -3.52. The molecule has 0 unspecified atom stereocenters. The van der Waals surface area contributed by atoms with Gasteiger partial charge in [-0.3, -0.25) is 0 Å². The Morgan fingerprint density at radius 2 is 1.57 bits per heavy atom. The molecular formula is C22H24F2O3S. The lowest BCUT2D eigenvalue weighted by Gasteiger charge is -2.37. The Morgan fingerprint density at radius 1 is 0.964 bits per heavy atom. The molecule has 2 aromatic carbocycles. The van der Waals surface area contributed by atoms with Crippen LogP contribution in [0.1, 0.15) is 45.4 Å². The molecule has 0 radical (unpaired) electrons. The Kier molecular flexibility index (Phi) is 4.62. The molecule has 0 aliphatic heterocycles. The zero-order valence-electron chi connectivity index (χ0n) is 15.8. The van der Waals surface area contributed by atoms with Crippen molar-refractivity contribution in [3.63, 3.8) is 0 Å². The largest absolute Gasteiger partial charge is 0.390 e. The van der Waals surface area contributed by atoms with Crippen molar-refractivity contribution in [2.24, 2.45) is 5.92 Å². The van der Waals surface area contributed by atoms with Crippen molar-refractivity contribution in [3.05, 3.63) is 54.1 Å².